The molecule has 0 aromatic carbocycles. The molecule has 4 heteroatoms. The van der Waals surface area contributed by atoms with Gasteiger partial charge in [-0.1, -0.05) is 36.4 Å². The molecule has 106 valence electrons. The molecule has 3 nitrogen and oxygen atoms in total. The average molecular weight is 288 g/mol. The molecule has 0 aromatic heterocycles. The van der Waals surface area contributed by atoms with Crippen molar-refractivity contribution in [2.45, 2.75) is 49.8 Å². The van der Waals surface area contributed by atoms with Gasteiger partial charge in [0, 0.05) is 0 Å². The Morgan fingerprint density at radius 2 is 2.20 bits per heavy atom. The number of aliphatic imine (C=N–C) groups is 1. The van der Waals surface area contributed by atoms with E-state index >= 15 is 0 Å². The predicted molar refractivity (Wildman–Crippen MR) is 82.6 cm³/mol. The van der Waals surface area contributed by atoms with Gasteiger partial charge in [-0.25, -0.2) is 0 Å². The summed E-state index contributed by atoms with van der Waals surface area (Å²) in [6.45, 7) is 0. The van der Waals surface area contributed by atoms with Gasteiger partial charge in [0.15, 0.2) is 5.17 Å². The maximum atomic E-state index is 12.1. The summed E-state index contributed by atoms with van der Waals surface area (Å²) in [6.07, 6.45) is 13.9. The van der Waals surface area contributed by atoms with Gasteiger partial charge < -0.3 is 5.32 Å². The number of nitrogens with one attached hydrogen (secondary N) is 1. The van der Waals surface area contributed by atoms with Gasteiger partial charge in [0.1, 0.15) is 5.25 Å². The molecule has 3 aliphatic carbocycles. The number of allylic oxidation sites excluding steroid dienone is 3. The second-order valence-corrected chi connectivity index (χ2v) is 7.44. The molecule has 3 unspecified atom stereocenters. The second kappa shape index (κ2) is 5.06. The number of thioether (sulfide) groups is 1. The lowest BCUT2D eigenvalue weighted by Gasteiger charge is -2.17. The molecule has 4 aliphatic rings. The molecular weight excluding hydrogens is 268 g/mol. The fraction of sp³-hybridized carbons (Fsp3) is 0.625. The fourth-order valence-corrected chi connectivity index (χ4v) is 5.05. The Balaban J connectivity index is 1.47. The van der Waals surface area contributed by atoms with Crippen molar-refractivity contribution in [1.82, 2.24) is 5.32 Å². The van der Waals surface area contributed by atoms with Crippen LogP contribution in [-0.2, 0) is 4.79 Å². The summed E-state index contributed by atoms with van der Waals surface area (Å²) in [5, 5.41) is 3.77. The van der Waals surface area contributed by atoms with Crippen LogP contribution >= 0.6 is 11.8 Å². The van der Waals surface area contributed by atoms with Gasteiger partial charge in [0.25, 0.3) is 0 Å². The van der Waals surface area contributed by atoms with Crippen molar-refractivity contribution in [3.05, 3.63) is 23.8 Å². The molecule has 20 heavy (non-hydrogen) atoms. The summed E-state index contributed by atoms with van der Waals surface area (Å²) in [6, 6.07) is 0.464. The van der Waals surface area contributed by atoms with Crippen LogP contribution in [0.2, 0.25) is 0 Å². The van der Waals surface area contributed by atoms with Gasteiger partial charge >= 0.3 is 0 Å². The minimum atomic E-state index is -0.0797. The zero-order valence-electron chi connectivity index (χ0n) is 11.5. The van der Waals surface area contributed by atoms with E-state index in [4.69, 9.17) is 4.99 Å². The number of carbonyl (C=O) groups is 1. The monoisotopic (exact) mass is 288 g/mol. The first-order valence-electron chi connectivity index (χ1n) is 7.71. The van der Waals surface area contributed by atoms with Crippen LogP contribution in [0.25, 0.3) is 0 Å². The zero-order valence-corrected chi connectivity index (χ0v) is 12.4. The van der Waals surface area contributed by atoms with E-state index in [0.717, 1.165) is 35.4 Å². The number of hydrogen-bond acceptors (Lipinski definition) is 3. The van der Waals surface area contributed by atoms with Crippen LogP contribution in [0.5, 0.6) is 0 Å². The zero-order chi connectivity index (χ0) is 13.5. The molecule has 2 bridgehead atoms. The molecule has 0 spiro atoms. The van der Waals surface area contributed by atoms with E-state index in [1.807, 2.05) is 0 Å². The maximum absolute atomic E-state index is 12.1. The van der Waals surface area contributed by atoms with Crippen LogP contribution in [0.4, 0.5) is 0 Å². The number of rotatable bonds is 2. The van der Waals surface area contributed by atoms with Crippen molar-refractivity contribution < 1.29 is 4.79 Å². The normalized spacial score (nSPS) is 41.3. The first-order valence-corrected chi connectivity index (χ1v) is 8.59. The lowest BCUT2D eigenvalue weighted by molar-refractivity contribution is -0.118. The SMILES string of the molecule is O=C1NC(=NC2C[C@H]3CCC2C3)SC1C1=CCCC=C1. The Bertz CT molecular complexity index is 523. The maximum Gasteiger partial charge on any atom is 0.244 e. The number of nitrogens with zero attached hydrogens (tertiary/aromatic N) is 1. The van der Waals surface area contributed by atoms with E-state index in [9.17, 15) is 4.79 Å². The van der Waals surface area contributed by atoms with Crippen molar-refractivity contribution in [2.75, 3.05) is 0 Å². The van der Waals surface area contributed by atoms with Crippen LogP contribution in [-0.4, -0.2) is 22.4 Å². The molecule has 1 saturated heterocycles. The number of fused-ring (bicyclic) bond motifs is 2. The van der Waals surface area contributed by atoms with Crippen LogP contribution in [0.3, 0.4) is 0 Å². The van der Waals surface area contributed by atoms with E-state index in [1.165, 1.54) is 25.7 Å². The Morgan fingerprint density at radius 3 is 2.90 bits per heavy atom. The van der Waals surface area contributed by atoms with E-state index in [2.05, 4.69) is 23.5 Å². The number of hydrogen-bond donors (Lipinski definition) is 1. The lowest BCUT2D eigenvalue weighted by Crippen LogP contribution is -2.27. The quantitative estimate of drug-likeness (QED) is 0.848. The highest BCUT2D eigenvalue weighted by Gasteiger charge is 2.41. The molecule has 2 saturated carbocycles. The number of carbonyl (C=O) groups excluding carboxylic acids is 1. The highest BCUT2D eigenvalue weighted by molar-refractivity contribution is 8.15. The van der Waals surface area contributed by atoms with Crippen molar-refractivity contribution >= 4 is 22.8 Å². The van der Waals surface area contributed by atoms with Gasteiger partial charge in [0.05, 0.1) is 6.04 Å². The Hall–Kier alpha value is -1.03. The van der Waals surface area contributed by atoms with Crippen LogP contribution in [0.1, 0.15) is 38.5 Å². The Kier molecular flexibility index (Phi) is 3.21. The van der Waals surface area contributed by atoms with Gasteiger partial charge in [0.2, 0.25) is 5.91 Å². The summed E-state index contributed by atoms with van der Waals surface area (Å²) in [7, 11) is 0. The molecule has 4 atom stereocenters. The summed E-state index contributed by atoms with van der Waals surface area (Å²) < 4.78 is 0. The van der Waals surface area contributed by atoms with Crippen molar-refractivity contribution in [2.24, 2.45) is 16.8 Å². The largest absolute Gasteiger partial charge is 0.304 e. The molecule has 1 heterocycles. The summed E-state index contributed by atoms with van der Waals surface area (Å²) in [4.78, 5) is 17.0. The van der Waals surface area contributed by atoms with Crippen molar-refractivity contribution in [1.29, 1.82) is 0 Å². The summed E-state index contributed by atoms with van der Waals surface area (Å²) in [5.74, 6) is 1.78. The molecule has 0 radical (unpaired) electrons. The molecule has 3 fully saturated rings. The minimum absolute atomic E-state index is 0.0797. The van der Waals surface area contributed by atoms with Crippen LogP contribution in [0.15, 0.2) is 28.8 Å². The first-order chi connectivity index (χ1) is 9.79. The Morgan fingerprint density at radius 1 is 1.25 bits per heavy atom. The highest BCUT2D eigenvalue weighted by Crippen LogP contribution is 2.46. The third-order valence-corrected chi connectivity index (χ3v) is 6.16. The highest BCUT2D eigenvalue weighted by atomic mass is 32.2. The van der Waals surface area contributed by atoms with Crippen molar-refractivity contribution in [3.63, 3.8) is 0 Å². The molecule has 1 amide bonds. The molecule has 4 rings (SSSR count). The molecule has 0 aromatic rings. The second-order valence-electron chi connectivity index (χ2n) is 6.35. The standard InChI is InChI=1S/C16H20N2OS/c19-15-14(11-4-2-1-3-5-11)20-16(18-15)17-13-9-10-6-7-12(13)8-10/h2,4-5,10,12-14H,1,3,6-9H2,(H,17,18,19)/t10-,12?,13?,14?/m0/s1. The number of amidine groups is 1. The van der Waals surface area contributed by atoms with Gasteiger partial charge in [-0.05, 0) is 49.5 Å². The average Bonchev–Trinajstić information content (AvgIpc) is 3.16. The molecule has 1 aliphatic heterocycles. The summed E-state index contributed by atoms with van der Waals surface area (Å²) >= 11 is 1.61. The molecule has 1 N–H and O–H groups in total. The van der Waals surface area contributed by atoms with E-state index in [1.54, 1.807) is 11.8 Å². The van der Waals surface area contributed by atoms with Crippen molar-refractivity contribution in [3.8, 4) is 0 Å². The Labute approximate surface area is 124 Å². The van der Waals surface area contributed by atoms with E-state index < -0.39 is 0 Å². The summed E-state index contributed by atoms with van der Waals surface area (Å²) in [5.41, 5.74) is 1.15. The van der Waals surface area contributed by atoms with Gasteiger partial charge in [-0.15, -0.1) is 0 Å². The van der Waals surface area contributed by atoms with Gasteiger partial charge in [-0.3, -0.25) is 9.79 Å². The van der Waals surface area contributed by atoms with E-state index in [0.29, 0.717) is 6.04 Å². The number of amides is 1. The predicted octanol–water partition coefficient (Wildman–Crippen LogP) is 3.04. The topological polar surface area (TPSA) is 41.5 Å². The smallest absolute Gasteiger partial charge is 0.244 e. The fourth-order valence-electron chi connectivity index (χ4n) is 4.00. The minimum Gasteiger partial charge on any atom is -0.304 e. The lowest BCUT2D eigenvalue weighted by atomic mass is 9.96. The van der Waals surface area contributed by atoms with Crippen LogP contribution in [0, 0.1) is 11.8 Å². The third-order valence-electron chi connectivity index (χ3n) is 5.01. The first kappa shape index (κ1) is 12.7. The van der Waals surface area contributed by atoms with Gasteiger partial charge in [-0.2, -0.15) is 0 Å². The van der Waals surface area contributed by atoms with E-state index in [-0.39, 0.29) is 11.2 Å². The molecular formula is C16H20N2OS. The van der Waals surface area contributed by atoms with Crippen LogP contribution < -0.4 is 5.32 Å². The third kappa shape index (κ3) is 2.24.